The third kappa shape index (κ3) is 5.74. The molecule has 0 spiro atoms. The molecule has 1 unspecified atom stereocenters. The van der Waals surface area contributed by atoms with Crippen LogP contribution >= 0.6 is 0 Å². The van der Waals surface area contributed by atoms with Gasteiger partial charge in [0, 0.05) is 18.2 Å². The number of furan rings is 1. The summed E-state index contributed by atoms with van der Waals surface area (Å²) in [6, 6.07) is 1.75. The molecule has 0 saturated carbocycles. The van der Waals surface area contributed by atoms with Gasteiger partial charge in [-0.2, -0.15) is 13.2 Å². The first-order valence-corrected chi connectivity index (χ1v) is 5.43. The van der Waals surface area contributed by atoms with E-state index in [1.165, 1.54) is 6.26 Å². The largest absolute Gasteiger partial charge is 0.472 e. The minimum Gasteiger partial charge on any atom is -0.472 e. The van der Waals surface area contributed by atoms with E-state index in [9.17, 15) is 13.2 Å². The van der Waals surface area contributed by atoms with Crippen LogP contribution in [0.5, 0.6) is 0 Å². The van der Waals surface area contributed by atoms with E-state index in [0.29, 0.717) is 6.42 Å². The molecule has 0 bridgehead atoms. The van der Waals surface area contributed by atoms with E-state index >= 15 is 0 Å². The number of hydrogen-bond acceptors (Lipinski definition) is 3. The fourth-order valence-corrected chi connectivity index (χ4v) is 1.50. The van der Waals surface area contributed by atoms with Gasteiger partial charge in [0.1, 0.15) is 6.61 Å². The highest BCUT2D eigenvalue weighted by molar-refractivity contribution is 5.11. The summed E-state index contributed by atoms with van der Waals surface area (Å²) in [7, 11) is 0. The van der Waals surface area contributed by atoms with Gasteiger partial charge in [-0.1, -0.05) is 6.92 Å². The number of hydrogen-bond donors (Lipinski definition) is 1. The molecule has 1 atom stereocenters. The lowest BCUT2D eigenvalue weighted by Gasteiger charge is -2.16. The zero-order valence-corrected chi connectivity index (χ0v) is 9.59. The molecule has 0 aromatic carbocycles. The lowest BCUT2D eigenvalue weighted by atomic mass is 10.1. The molecule has 3 nitrogen and oxygen atoms in total. The van der Waals surface area contributed by atoms with E-state index in [1.54, 1.807) is 12.3 Å². The minimum absolute atomic E-state index is 0.0352. The molecule has 0 radical (unpaired) electrons. The fraction of sp³-hybridized carbons (Fsp3) is 0.636. The molecule has 0 saturated heterocycles. The Labute approximate surface area is 97.9 Å². The van der Waals surface area contributed by atoms with Crippen LogP contribution in [0.2, 0.25) is 0 Å². The SMILES string of the molecule is CCNC(CCOCC(F)(F)F)c1ccoc1. The average Bonchev–Trinajstić information content (AvgIpc) is 2.74. The van der Waals surface area contributed by atoms with Crippen LogP contribution in [0.15, 0.2) is 23.0 Å². The molecule has 0 fully saturated rings. The van der Waals surface area contributed by atoms with E-state index in [-0.39, 0.29) is 12.6 Å². The molecule has 0 aliphatic heterocycles. The summed E-state index contributed by atoms with van der Waals surface area (Å²) in [5.41, 5.74) is 0.919. The summed E-state index contributed by atoms with van der Waals surface area (Å²) < 4.78 is 45.1. The van der Waals surface area contributed by atoms with Gasteiger partial charge < -0.3 is 14.5 Å². The maximum absolute atomic E-state index is 11.8. The molecule has 1 aromatic heterocycles. The Kier molecular flexibility index (Phi) is 5.50. The van der Waals surface area contributed by atoms with Crippen molar-refractivity contribution in [3.05, 3.63) is 24.2 Å². The van der Waals surface area contributed by atoms with Gasteiger partial charge in [0.05, 0.1) is 12.5 Å². The molecule has 1 rings (SSSR count). The van der Waals surface area contributed by atoms with Crippen LogP contribution in [-0.2, 0) is 4.74 Å². The van der Waals surface area contributed by atoms with Crippen molar-refractivity contribution in [3.63, 3.8) is 0 Å². The molecule has 0 aliphatic rings. The molecule has 1 heterocycles. The fourth-order valence-electron chi connectivity index (χ4n) is 1.50. The van der Waals surface area contributed by atoms with Crippen molar-refractivity contribution in [1.82, 2.24) is 5.32 Å². The van der Waals surface area contributed by atoms with Crippen LogP contribution in [0.3, 0.4) is 0 Å². The Morgan fingerprint density at radius 1 is 1.47 bits per heavy atom. The van der Waals surface area contributed by atoms with Crippen LogP contribution in [-0.4, -0.2) is 25.9 Å². The average molecular weight is 251 g/mol. The number of alkyl halides is 3. The van der Waals surface area contributed by atoms with Gasteiger partial charge >= 0.3 is 6.18 Å². The van der Waals surface area contributed by atoms with Crippen molar-refractivity contribution in [2.45, 2.75) is 25.6 Å². The second kappa shape index (κ2) is 6.66. The first kappa shape index (κ1) is 14.1. The highest BCUT2D eigenvalue weighted by atomic mass is 19.4. The van der Waals surface area contributed by atoms with Crippen LogP contribution in [0.4, 0.5) is 13.2 Å². The van der Waals surface area contributed by atoms with Gasteiger partial charge in [0.15, 0.2) is 0 Å². The predicted molar refractivity (Wildman–Crippen MR) is 56.6 cm³/mol. The maximum Gasteiger partial charge on any atom is 0.411 e. The molecule has 1 aromatic rings. The van der Waals surface area contributed by atoms with Crippen LogP contribution in [0.1, 0.15) is 24.9 Å². The summed E-state index contributed by atoms with van der Waals surface area (Å²) in [5, 5.41) is 3.16. The predicted octanol–water partition coefficient (Wildman–Crippen LogP) is 2.90. The molecule has 1 N–H and O–H groups in total. The summed E-state index contributed by atoms with van der Waals surface area (Å²) in [6.45, 7) is 1.53. The number of ether oxygens (including phenoxy) is 1. The Balaban J connectivity index is 2.31. The summed E-state index contributed by atoms with van der Waals surface area (Å²) >= 11 is 0. The number of halogens is 3. The molecule has 0 amide bonds. The van der Waals surface area contributed by atoms with Gasteiger partial charge in [-0.15, -0.1) is 0 Å². The monoisotopic (exact) mass is 251 g/mol. The number of nitrogens with one attached hydrogen (secondary N) is 1. The zero-order chi connectivity index (χ0) is 12.7. The van der Waals surface area contributed by atoms with E-state index in [1.807, 2.05) is 6.92 Å². The standard InChI is InChI=1S/C11H16F3NO2/c1-2-15-10(9-3-5-16-7-9)4-6-17-8-11(12,13)14/h3,5,7,10,15H,2,4,6,8H2,1H3. The molecular formula is C11H16F3NO2. The molecular weight excluding hydrogens is 235 g/mol. The first-order chi connectivity index (χ1) is 8.03. The Hall–Kier alpha value is -1.01. The van der Waals surface area contributed by atoms with Crippen molar-refractivity contribution in [2.75, 3.05) is 19.8 Å². The smallest absolute Gasteiger partial charge is 0.411 e. The van der Waals surface area contributed by atoms with Crippen LogP contribution < -0.4 is 5.32 Å². The number of rotatable bonds is 7. The first-order valence-electron chi connectivity index (χ1n) is 5.43. The van der Waals surface area contributed by atoms with E-state index < -0.39 is 12.8 Å². The van der Waals surface area contributed by atoms with E-state index in [0.717, 1.165) is 12.1 Å². The maximum atomic E-state index is 11.8. The summed E-state index contributed by atoms with van der Waals surface area (Å²) in [5.74, 6) is 0. The third-order valence-corrected chi connectivity index (χ3v) is 2.21. The second-order valence-electron chi connectivity index (χ2n) is 3.62. The lowest BCUT2D eigenvalue weighted by molar-refractivity contribution is -0.174. The second-order valence-corrected chi connectivity index (χ2v) is 3.62. The van der Waals surface area contributed by atoms with Gasteiger partial charge in [-0.05, 0) is 19.0 Å². The quantitative estimate of drug-likeness (QED) is 0.757. The highest BCUT2D eigenvalue weighted by Gasteiger charge is 2.27. The molecule has 17 heavy (non-hydrogen) atoms. The molecule has 6 heteroatoms. The summed E-state index contributed by atoms with van der Waals surface area (Å²) in [6.07, 6.45) is -0.667. The van der Waals surface area contributed by atoms with Crippen molar-refractivity contribution in [3.8, 4) is 0 Å². The normalized spacial score (nSPS) is 13.9. The van der Waals surface area contributed by atoms with Crippen molar-refractivity contribution in [1.29, 1.82) is 0 Å². The van der Waals surface area contributed by atoms with Crippen molar-refractivity contribution in [2.24, 2.45) is 0 Å². The van der Waals surface area contributed by atoms with Gasteiger partial charge in [0.25, 0.3) is 0 Å². The van der Waals surface area contributed by atoms with Gasteiger partial charge in [-0.25, -0.2) is 0 Å². The van der Waals surface area contributed by atoms with Crippen LogP contribution in [0, 0.1) is 0 Å². The zero-order valence-electron chi connectivity index (χ0n) is 9.59. The lowest BCUT2D eigenvalue weighted by Crippen LogP contribution is -2.23. The van der Waals surface area contributed by atoms with Crippen molar-refractivity contribution >= 4 is 0 Å². The van der Waals surface area contributed by atoms with E-state index in [4.69, 9.17) is 4.42 Å². The Morgan fingerprint density at radius 3 is 2.76 bits per heavy atom. The van der Waals surface area contributed by atoms with Gasteiger partial charge in [-0.3, -0.25) is 0 Å². The Bertz CT molecular complexity index is 298. The summed E-state index contributed by atoms with van der Waals surface area (Å²) in [4.78, 5) is 0. The van der Waals surface area contributed by atoms with Crippen LogP contribution in [0.25, 0.3) is 0 Å². The molecule has 98 valence electrons. The molecule has 0 aliphatic carbocycles. The minimum atomic E-state index is -4.26. The van der Waals surface area contributed by atoms with E-state index in [2.05, 4.69) is 10.1 Å². The topological polar surface area (TPSA) is 34.4 Å². The van der Waals surface area contributed by atoms with Gasteiger partial charge in [0.2, 0.25) is 0 Å². The highest BCUT2D eigenvalue weighted by Crippen LogP contribution is 2.18. The Morgan fingerprint density at radius 2 is 2.24 bits per heavy atom. The van der Waals surface area contributed by atoms with Crippen molar-refractivity contribution < 1.29 is 22.3 Å². The third-order valence-electron chi connectivity index (χ3n) is 2.21.